The van der Waals surface area contributed by atoms with Gasteiger partial charge >= 0.3 is 0 Å². The minimum absolute atomic E-state index is 0.273. The molecule has 4 nitrogen and oxygen atoms in total. The first-order valence-corrected chi connectivity index (χ1v) is 6.07. The number of nitriles is 2. The summed E-state index contributed by atoms with van der Waals surface area (Å²) < 4.78 is 0. The van der Waals surface area contributed by atoms with E-state index in [-0.39, 0.29) is 6.04 Å². The van der Waals surface area contributed by atoms with E-state index in [1.165, 1.54) is 0 Å². The second kappa shape index (κ2) is 5.53. The second-order valence-electron chi connectivity index (χ2n) is 4.60. The van der Waals surface area contributed by atoms with Gasteiger partial charge in [0, 0.05) is 31.4 Å². The van der Waals surface area contributed by atoms with E-state index in [1.54, 1.807) is 0 Å². The normalized spacial score (nSPS) is 20.2. The van der Waals surface area contributed by atoms with Crippen LogP contribution in [0, 0.1) is 22.7 Å². The van der Waals surface area contributed by atoms with Crippen LogP contribution in [0.25, 0.3) is 0 Å². The minimum Gasteiger partial charge on any atom is -0.369 e. The first kappa shape index (κ1) is 12.4. The van der Waals surface area contributed by atoms with Gasteiger partial charge in [0.2, 0.25) is 0 Å². The molecular formula is C14H16N4. The Morgan fingerprint density at radius 3 is 2.89 bits per heavy atom. The SMILES string of the molecule is CN1CCN(c2cccc(C#N)c2)CC1CC#N. The van der Waals surface area contributed by atoms with Crippen molar-refractivity contribution in [2.24, 2.45) is 0 Å². The zero-order chi connectivity index (χ0) is 13.0. The van der Waals surface area contributed by atoms with Crippen LogP contribution in [-0.4, -0.2) is 37.6 Å². The average molecular weight is 240 g/mol. The molecule has 1 aliphatic heterocycles. The van der Waals surface area contributed by atoms with Gasteiger partial charge in [0.15, 0.2) is 0 Å². The van der Waals surface area contributed by atoms with Crippen molar-refractivity contribution in [3.63, 3.8) is 0 Å². The molecule has 1 atom stereocenters. The van der Waals surface area contributed by atoms with Gasteiger partial charge in [-0.05, 0) is 25.2 Å². The Morgan fingerprint density at radius 2 is 2.17 bits per heavy atom. The number of nitrogens with zero attached hydrogens (tertiary/aromatic N) is 4. The molecule has 1 saturated heterocycles. The maximum atomic E-state index is 8.92. The van der Waals surface area contributed by atoms with Gasteiger partial charge in [0.05, 0.1) is 24.1 Å². The van der Waals surface area contributed by atoms with Crippen LogP contribution in [0.5, 0.6) is 0 Å². The number of piperazine rings is 1. The van der Waals surface area contributed by atoms with E-state index in [1.807, 2.05) is 24.3 Å². The van der Waals surface area contributed by atoms with Gasteiger partial charge in [-0.1, -0.05) is 6.07 Å². The summed E-state index contributed by atoms with van der Waals surface area (Å²) in [6.07, 6.45) is 0.547. The topological polar surface area (TPSA) is 54.1 Å². The zero-order valence-electron chi connectivity index (χ0n) is 10.5. The minimum atomic E-state index is 0.273. The average Bonchev–Trinajstić information content (AvgIpc) is 2.41. The molecule has 0 bridgehead atoms. The smallest absolute Gasteiger partial charge is 0.0992 e. The number of benzene rings is 1. The monoisotopic (exact) mass is 240 g/mol. The van der Waals surface area contributed by atoms with Gasteiger partial charge in [-0.2, -0.15) is 10.5 Å². The van der Waals surface area contributed by atoms with Crippen LogP contribution < -0.4 is 4.90 Å². The van der Waals surface area contributed by atoms with Crippen LogP contribution in [0.4, 0.5) is 5.69 Å². The molecule has 92 valence electrons. The highest BCUT2D eigenvalue weighted by atomic mass is 15.3. The van der Waals surface area contributed by atoms with E-state index >= 15 is 0 Å². The number of likely N-dealkylation sites (N-methyl/N-ethyl adjacent to an activating group) is 1. The summed E-state index contributed by atoms with van der Waals surface area (Å²) in [7, 11) is 2.06. The highest BCUT2D eigenvalue weighted by molar-refractivity contribution is 5.52. The molecule has 0 N–H and O–H groups in total. The molecule has 0 spiro atoms. The van der Waals surface area contributed by atoms with E-state index in [0.717, 1.165) is 25.3 Å². The Balaban J connectivity index is 2.14. The van der Waals surface area contributed by atoms with E-state index < -0.39 is 0 Å². The molecule has 0 aromatic heterocycles. The van der Waals surface area contributed by atoms with Crippen LogP contribution in [0.3, 0.4) is 0 Å². The van der Waals surface area contributed by atoms with Gasteiger partial charge in [-0.15, -0.1) is 0 Å². The van der Waals surface area contributed by atoms with Crippen molar-refractivity contribution in [1.82, 2.24) is 4.90 Å². The first-order valence-electron chi connectivity index (χ1n) is 6.07. The third-order valence-corrected chi connectivity index (χ3v) is 3.44. The lowest BCUT2D eigenvalue weighted by Gasteiger charge is -2.39. The lowest BCUT2D eigenvalue weighted by Crippen LogP contribution is -2.51. The summed E-state index contributed by atoms with van der Waals surface area (Å²) >= 11 is 0. The van der Waals surface area contributed by atoms with Crippen molar-refractivity contribution >= 4 is 5.69 Å². The van der Waals surface area contributed by atoms with Gasteiger partial charge in [-0.25, -0.2) is 0 Å². The van der Waals surface area contributed by atoms with Crippen molar-refractivity contribution < 1.29 is 0 Å². The van der Waals surface area contributed by atoms with E-state index in [2.05, 4.69) is 29.0 Å². The van der Waals surface area contributed by atoms with E-state index in [4.69, 9.17) is 10.5 Å². The summed E-state index contributed by atoms with van der Waals surface area (Å²) in [6.45, 7) is 2.73. The summed E-state index contributed by atoms with van der Waals surface area (Å²) in [5.41, 5.74) is 1.76. The van der Waals surface area contributed by atoms with Crippen molar-refractivity contribution in [3.05, 3.63) is 29.8 Å². The fourth-order valence-electron chi connectivity index (χ4n) is 2.28. The predicted molar refractivity (Wildman–Crippen MR) is 70.0 cm³/mol. The Morgan fingerprint density at radius 1 is 1.33 bits per heavy atom. The summed E-state index contributed by atoms with van der Waals surface area (Å²) in [5, 5.41) is 17.8. The molecule has 1 fully saturated rings. The number of hydrogen-bond acceptors (Lipinski definition) is 4. The molecule has 0 aliphatic carbocycles. The quantitative estimate of drug-likeness (QED) is 0.787. The van der Waals surface area contributed by atoms with Crippen molar-refractivity contribution in [3.8, 4) is 12.1 Å². The lowest BCUT2D eigenvalue weighted by atomic mass is 10.1. The van der Waals surface area contributed by atoms with E-state index in [9.17, 15) is 0 Å². The van der Waals surface area contributed by atoms with Crippen molar-refractivity contribution in [2.75, 3.05) is 31.6 Å². The standard InChI is InChI=1S/C14H16N4/c1-17-7-8-18(11-14(17)5-6-15)13-4-2-3-12(9-13)10-16/h2-4,9,14H,5,7-8,11H2,1H3. The third-order valence-electron chi connectivity index (χ3n) is 3.44. The summed E-state index contributed by atoms with van der Waals surface area (Å²) in [4.78, 5) is 4.48. The van der Waals surface area contributed by atoms with Crippen LogP contribution in [0.1, 0.15) is 12.0 Å². The van der Waals surface area contributed by atoms with Gasteiger partial charge in [0.25, 0.3) is 0 Å². The van der Waals surface area contributed by atoms with Crippen LogP contribution in [-0.2, 0) is 0 Å². The number of hydrogen-bond donors (Lipinski definition) is 0. The predicted octanol–water partition coefficient (Wildman–Crippen LogP) is 1.59. The molecule has 1 heterocycles. The maximum Gasteiger partial charge on any atom is 0.0992 e. The molecule has 0 radical (unpaired) electrons. The molecule has 1 aromatic carbocycles. The van der Waals surface area contributed by atoms with E-state index in [0.29, 0.717) is 12.0 Å². The van der Waals surface area contributed by atoms with Crippen LogP contribution in [0.15, 0.2) is 24.3 Å². The highest BCUT2D eigenvalue weighted by Gasteiger charge is 2.24. The molecule has 1 unspecified atom stereocenters. The molecular weight excluding hydrogens is 224 g/mol. The van der Waals surface area contributed by atoms with Gasteiger partial charge in [-0.3, -0.25) is 4.90 Å². The molecule has 1 aromatic rings. The first-order chi connectivity index (χ1) is 8.74. The number of rotatable bonds is 2. The Kier molecular flexibility index (Phi) is 3.82. The molecule has 2 rings (SSSR count). The molecule has 18 heavy (non-hydrogen) atoms. The number of anilines is 1. The third kappa shape index (κ3) is 2.61. The Labute approximate surface area is 108 Å². The fourth-order valence-corrected chi connectivity index (χ4v) is 2.28. The summed E-state index contributed by atoms with van der Waals surface area (Å²) in [6, 6.07) is 12.3. The van der Waals surface area contributed by atoms with Gasteiger partial charge < -0.3 is 4.90 Å². The van der Waals surface area contributed by atoms with Crippen molar-refractivity contribution in [1.29, 1.82) is 10.5 Å². The maximum absolute atomic E-state index is 8.92. The molecule has 1 aliphatic rings. The second-order valence-corrected chi connectivity index (χ2v) is 4.60. The summed E-state index contributed by atoms with van der Waals surface area (Å²) in [5.74, 6) is 0. The van der Waals surface area contributed by atoms with Crippen LogP contribution in [0.2, 0.25) is 0 Å². The zero-order valence-corrected chi connectivity index (χ0v) is 10.5. The van der Waals surface area contributed by atoms with Crippen molar-refractivity contribution in [2.45, 2.75) is 12.5 Å². The molecule has 4 heteroatoms. The lowest BCUT2D eigenvalue weighted by molar-refractivity contribution is 0.221. The van der Waals surface area contributed by atoms with Crippen LogP contribution >= 0.6 is 0 Å². The fraction of sp³-hybridized carbons (Fsp3) is 0.429. The largest absolute Gasteiger partial charge is 0.369 e. The highest BCUT2D eigenvalue weighted by Crippen LogP contribution is 2.20. The van der Waals surface area contributed by atoms with Gasteiger partial charge in [0.1, 0.15) is 0 Å². The molecule has 0 amide bonds. The Hall–Kier alpha value is -2.04. The Bertz CT molecular complexity index is 497. The molecule has 0 saturated carbocycles.